The Morgan fingerprint density at radius 2 is 1.26 bits per heavy atom. The third-order valence-corrected chi connectivity index (χ3v) is 3.93. The van der Waals surface area contributed by atoms with E-state index in [1.807, 2.05) is 12.1 Å². The second kappa shape index (κ2) is 5.15. The number of hydrogen-bond acceptors (Lipinski definition) is 2. The minimum absolute atomic E-state index is 0.0879. The van der Waals surface area contributed by atoms with Crippen LogP contribution >= 0.6 is 0 Å². The normalized spacial score (nSPS) is 11.8. The molecule has 0 saturated carbocycles. The molecular weight excluding hydrogens is 260 g/mol. The third kappa shape index (κ3) is 3.22. The molecule has 0 aliphatic rings. The van der Waals surface area contributed by atoms with E-state index in [9.17, 15) is 8.42 Å². The minimum atomic E-state index is -4.12. The second-order valence-corrected chi connectivity index (χ2v) is 6.20. The lowest BCUT2D eigenvalue weighted by Crippen LogP contribution is -1.97. The fourth-order valence-electron chi connectivity index (χ4n) is 1.88. The summed E-state index contributed by atoms with van der Waals surface area (Å²) in [6, 6.07) is 14.3. The summed E-state index contributed by atoms with van der Waals surface area (Å²) in [5.74, 6) is 0.482. The first kappa shape index (κ1) is 13.8. The summed E-state index contributed by atoms with van der Waals surface area (Å²) in [6.07, 6.45) is 0. The summed E-state index contributed by atoms with van der Waals surface area (Å²) in [5, 5.41) is 0. The van der Waals surface area contributed by atoms with E-state index in [2.05, 4.69) is 26.0 Å². The average Bonchev–Trinajstić information content (AvgIpc) is 2.38. The Balaban J connectivity index is 2.32. The van der Waals surface area contributed by atoms with Crippen molar-refractivity contribution in [3.05, 3.63) is 54.1 Å². The SMILES string of the molecule is CC(C)c1ccc(-c2ccc(S(=O)(=O)O)cc2)cc1. The van der Waals surface area contributed by atoms with Crippen molar-refractivity contribution >= 4 is 10.1 Å². The number of hydrogen-bond donors (Lipinski definition) is 1. The van der Waals surface area contributed by atoms with Crippen molar-refractivity contribution in [3.8, 4) is 11.1 Å². The van der Waals surface area contributed by atoms with Gasteiger partial charge in [0.05, 0.1) is 4.90 Å². The molecule has 0 amide bonds. The lowest BCUT2D eigenvalue weighted by molar-refractivity contribution is 0.483. The highest BCUT2D eigenvalue weighted by Crippen LogP contribution is 2.23. The zero-order valence-corrected chi connectivity index (χ0v) is 11.7. The Bertz CT molecular complexity index is 654. The smallest absolute Gasteiger partial charge is 0.282 e. The summed E-state index contributed by atoms with van der Waals surface area (Å²) in [6.45, 7) is 4.27. The van der Waals surface area contributed by atoms with Gasteiger partial charge in [-0.25, -0.2) is 0 Å². The number of rotatable bonds is 3. The van der Waals surface area contributed by atoms with Crippen molar-refractivity contribution in [2.45, 2.75) is 24.7 Å². The average molecular weight is 276 g/mol. The van der Waals surface area contributed by atoms with Crippen LogP contribution in [0.5, 0.6) is 0 Å². The highest BCUT2D eigenvalue weighted by atomic mass is 32.2. The van der Waals surface area contributed by atoms with Gasteiger partial charge in [0.15, 0.2) is 0 Å². The molecule has 0 spiro atoms. The van der Waals surface area contributed by atoms with Gasteiger partial charge in [0, 0.05) is 0 Å². The van der Waals surface area contributed by atoms with Crippen molar-refractivity contribution < 1.29 is 13.0 Å². The first-order chi connectivity index (χ1) is 8.88. The maximum absolute atomic E-state index is 11.0. The fourth-order valence-corrected chi connectivity index (χ4v) is 2.36. The summed E-state index contributed by atoms with van der Waals surface area (Å²) in [5.41, 5.74) is 3.20. The van der Waals surface area contributed by atoms with E-state index in [1.165, 1.54) is 17.7 Å². The van der Waals surface area contributed by atoms with Crippen LogP contribution in [0.25, 0.3) is 11.1 Å². The van der Waals surface area contributed by atoms with Crippen molar-refractivity contribution in [2.24, 2.45) is 0 Å². The van der Waals surface area contributed by atoms with Crippen molar-refractivity contribution in [1.82, 2.24) is 0 Å². The third-order valence-electron chi connectivity index (χ3n) is 3.06. The predicted octanol–water partition coefficient (Wildman–Crippen LogP) is 3.72. The lowest BCUT2D eigenvalue weighted by atomic mass is 9.99. The summed E-state index contributed by atoms with van der Waals surface area (Å²) in [4.78, 5) is -0.0879. The molecule has 0 unspecified atom stereocenters. The van der Waals surface area contributed by atoms with Crippen LogP contribution in [0.4, 0.5) is 0 Å². The highest BCUT2D eigenvalue weighted by molar-refractivity contribution is 7.85. The van der Waals surface area contributed by atoms with E-state index in [-0.39, 0.29) is 4.90 Å². The van der Waals surface area contributed by atoms with Gasteiger partial charge in [-0.15, -0.1) is 0 Å². The largest absolute Gasteiger partial charge is 0.294 e. The first-order valence-electron chi connectivity index (χ1n) is 6.06. The summed E-state index contributed by atoms with van der Waals surface area (Å²) >= 11 is 0. The number of benzene rings is 2. The standard InChI is InChI=1S/C15H16O3S/c1-11(2)12-3-5-13(6-4-12)14-7-9-15(10-8-14)19(16,17)18/h3-11H,1-2H3,(H,16,17,18). The van der Waals surface area contributed by atoms with Crippen LogP contribution in [-0.4, -0.2) is 13.0 Å². The molecule has 19 heavy (non-hydrogen) atoms. The Morgan fingerprint density at radius 3 is 1.63 bits per heavy atom. The van der Waals surface area contributed by atoms with Crippen LogP contribution in [-0.2, 0) is 10.1 Å². The van der Waals surface area contributed by atoms with Gasteiger partial charge in [-0.3, -0.25) is 4.55 Å². The first-order valence-corrected chi connectivity index (χ1v) is 7.50. The van der Waals surface area contributed by atoms with Gasteiger partial charge in [-0.1, -0.05) is 50.2 Å². The van der Waals surface area contributed by atoms with Crippen molar-refractivity contribution in [2.75, 3.05) is 0 Å². The molecule has 0 atom stereocenters. The van der Waals surface area contributed by atoms with E-state index in [1.54, 1.807) is 12.1 Å². The van der Waals surface area contributed by atoms with E-state index < -0.39 is 10.1 Å². The van der Waals surface area contributed by atoms with Crippen molar-refractivity contribution in [3.63, 3.8) is 0 Å². The van der Waals surface area contributed by atoms with Gasteiger partial charge in [-0.2, -0.15) is 8.42 Å². The monoisotopic (exact) mass is 276 g/mol. The van der Waals surface area contributed by atoms with Gasteiger partial charge in [0.25, 0.3) is 10.1 Å². The van der Waals surface area contributed by atoms with E-state index in [0.29, 0.717) is 5.92 Å². The second-order valence-electron chi connectivity index (χ2n) is 4.78. The molecule has 0 fully saturated rings. The molecule has 0 radical (unpaired) electrons. The fraction of sp³-hybridized carbons (Fsp3) is 0.200. The quantitative estimate of drug-likeness (QED) is 0.869. The zero-order chi connectivity index (χ0) is 14.0. The van der Waals surface area contributed by atoms with E-state index >= 15 is 0 Å². The maximum Gasteiger partial charge on any atom is 0.294 e. The Kier molecular flexibility index (Phi) is 3.73. The van der Waals surface area contributed by atoms with Gasteiger partial charge >= 0.3 is 0 Å². The van der Waals surface area contributed by atoms with E-state index in [0.717, 1.165) is 11.1 Å². The Labute approximate surface area is 113 Å². The highest BCUT2D eigenvalue weighted by Gasteiger charge is 2.09. The van der Waals surface area contributed by atoms with Crippen LogP contribution in [0.15, 0.2) is 53.4 Å². The molecule has 3 nitrogen and oxygen atoms in total. The van der Waals surface area contributed by atoms with Crippen LogP contribution in [0.1, 0.15) is 25.3 Å². The lowest BCUT2D eigenvalue weighted by Gasteiger charge is -2.07. The van der Waals surface area contributed by atoms with Crippen LogP contribution in [0.2, 0.25) is 0 Å². The molecule has 0 aromatic heterocycles. The summed E-state index contributed by atoms with van der Waals surface area (Å²) in [7, 11) is -4.12. The molecular formula is C15H16O3S. The van der Waals surface area contributed by atoms with Crippen molar-refractivity contribution in [1.29, 1.82) is 0 Å². The molecule has 0 saturated heterocycles. The molecule has 2 aromatic carbocycles. The molecule has 0 aliphatic carbocycles. The molecule has 2 rings (SSSR count). The van der Waals surface area contributed by atoms with Crippen LogP contribution in [0, 0.1) is 0 Å². The van der Waals surface area contributed by atoms with Crippen LogP contribution in [0.3, 0.4) is 0 Å². The summed E-state index contributed by atoms with van der Waals surface area (Å²) < 4.78 is 30.8. The van der Waals surface area contributed by atoms with Gasteiger partial charge in [-0.05, 0) is 34.7 Å². The van der Waals surface area contributed by atoms with Gasteiger partial charge < -0.3 is 0 Å². The van der Waals surface area contributed by atoms with Gasteiger partial charge in [0.1, 0.15) is 0 Å². The Hall–Kier alpha value is -1.65. The molecule has 0 heterocycles. The van der Waals surface area contributed by atoms with E-state index in [4.69, 9.17) is 4.55 Å². The molecule has 2 aromatic rings. The molecule has 4 heteroatoms. The molecule has 1 N–H and O–H groups in total. The molecule has 0 aliphatic heterocycles. The topological polar surface area (TPSA) is 54.4 Å². The van der Waals surface area contributed by atoms with Crippen LogP contribution < -0.4 is 0 Å². The molecule has 0 bridgehead atoms. The maximum atomic E-state index is 11.0. The predicted molar refractivity (Wildman–Crippen MR) is 75.8 cm³/mol. The Morgan fingerprint density at radius 1 is 0.842 bits per heavy atom. The van der Waals surface area contributed by atoms with Gasteiger partial charge in [0.2, 0.25) is 0 Å². The minimum Gasteiger partial charge on any atom is -0.282 e. The molecule has 100 valence electrons. The zero-order valence-electron chi connectivity index (χ0n) is 10.9.